The lowest BCUT2D eigenvalue weighted by Gasteiger charge is -2.27. The molecule has 0 aliphatic heterocycles. The number of hydrogen-bond acceptors (Lipinski definition) is 2. The fourth-order valence-corrected chi connectivity index (χ4v) is 4.14. The lowest BCUT2D eigenvalue weighted by atomic mass is 9.79. The van der Waals surface area contributed by atoms with Crippen LogP contribution in [0.1, 0.15) is 76.6 Å². The van der Waals surface area contributed by atoms with Gasteiger partial charge in [-0.1, -0.05) is 76.6 Å². The van der Waals surface area contributed by atoms with Crippen LogP contribution in [0.2, 0.25) is 0 Å². The lowest BCUT2D eigenvalue weighted by molar-refractivity contribution is 0.258. The predicted molar refractivity (Wildman–Crippen MR) is 110 cm³/mol. The number of unbranched alkanes of at least 4 members (excludes halogenated alkanes) is 1. The highest BCUT2D eigenvalue weighted by Crippen LogP contribution is 2.32. The van der Waals surface area contributed by atoms with Crippen LogP contribution >= 0.6 is 0 Å². The number of rotatable bonds is 8. The van der Waals surface area contributed by atoms with Crippen LogP contribution in [-0.2, 0) is 12.8 Å². The average molecular weight is 351 g/mol. The molecular formula is C24H34N2. The monoisotopic (exact) mass is 350 g/mol. The van der Waals surface area contributed by atoms with Crippen LogP contribution in [0.15, 0.2) is 36.7 Å². The number of aryl methyl sites for hydroxylation is 2. The molecule has 2 aromatic rings. The molecular weight excluding hydrogens is 316 g/mol. The molecule has 26 heavy (non-hydrogen) atoms. The highest BCUT2D eigenvalue weighted by molar-refractivity contribution is 5.61. The molecule has 1 saturated carbocycles. The van der Waals surface area contributed by atoms with Crippen LogP contribution in [0.5, 0.6) is 0 Å². The molecule has 0 unspecified atom stereocenters. The maximum atomic E-state index is 4.63. The standard InChI is InChI=1S/C24H34N2/c1-3-5-6-20-11-14-22(15-12-20)23-17-25-24(26-18-23)16-13-21-9-7-19(4-2)8-10-21/h11-12,14-15,17-19,21H,3-10,13,16H2,1-2H3. The second kappa shape index (κ2) is 9.85. The lowest BCUT2D eigenvalue weighted by Crippen LogP contribution is -2.15. The topological polar surface area (TPSA) is 25.8 Å². The van der Waals surface area contributed by atoms with Crippen LogP contribution in [0, 0.1) is 11.8 Å². The van der Waals surface area contributed by atoms with Gasteiger partial charge in [-0.15, -0.1) is 0 Å². The van der Waals surface area contributed by atoms with E-state index in [0.29, 0.717) is 0 Å². The predicted octanol–water partition coefficient (Wildman–Crippen LogP) is 6.64. The summed E-state index contributed by atoms with van der Waals surface area (Å²) in [7, 11) is 0. The second-order valence-corrected chi connectivity index (χ2v) is 8.02. The molecule has 1 aromatic heterocycles. The second-order valence-electron chi connectivity index (χ2n) is 8.02. The van der Waals surface area contributed by atoms with Gasteiger partial charge in [-0.05, 0) is 42.2 Å². The zero-order valence-corrected chi connectivity index (χ0v) is 16.6. The van der Waals surface area contributed by atoms with E-state index in [4.69, 9.17) is 0 Å². The average Bonchev–Trinajstić information content (AvgIpc) is 2.72. The summed E-state index contributed by atoms with van der Waals surface area (Å²) in [4.78, 5) is 9.26. The van der Waals surface area contributed by atoms with E-state index in [1.54, 1.807) is 0 Å². The van der Waals surface area contributed by atoms with Gasteiger partial charge in [0, 0.05) is 24.4 Å². The van der Waals surface area contributed by atoms with E-state index in [0.717, 1.165) is 29.6 Å². The SMILES string of the molecule is CCCCc1ccc(-c2cnc(CCC3CCC(CC)CC3)nc2)cc1. The fourth-order valence-electron chi connectivity index (χ4n) is 4.14. The normalized spacial score (nSPS) is 20.2. The van der Waals surface area contributed by atoms with Crippen molar-refractivity contribution in [3.05, 3.63) is 48.0 Å². The first-order valence-electron chi connectivity index (χ1n) is 10.7. The van der Waals surface area contributed by atoms with Gasteiger partial charge in [0.05, 0.1) is 0 Å². The molecule has 2 nitrogen and oxygen atoms in total. The molecule has 0 spiro atoms. The third-order valence-corrected chi connectivity index (χ3v) is 6.13. The molecule has 3 rings (SSSR count). The smallest absolute Gasteiger partial charge is 0.128 e. The molecule has 0 amide bonds. The quantitative estimate of drug-likeness (QED) is 0.533. The van der Waals surface area contributed by atoms with Crippen LogP contribution in [0.25, 0.3) is 11.1 Å². The fraction of sp³-hybridized carbons (Fsp3) is 0.583. The Morgan fingerprint density at radius 2 is 1.46 bits per heavy atom. The van der Waals surface area contributed by atoms with Crippen molar-refractivity contribution < 1.29 is 0 Å². The number of benzene rings is 1. The van der Waals surface area contributed by atoms with Crippen LogP contribution < -0.4 is 0 Å². The molecule has 0 atom stereocenters. The van der Waals surface area contributed by atoms with E-state index in [1.807, 2.05) is 12.4 Å². The molecule has 0 saturated heterocycles. The van der Waals surface area contributed by atoms with Crippen molar-refractivity contribution in [3.8, 4) is 11.1 Å². The number of aromatic nitrogens is 2. The van der Waals surface area contributed by atoms with Gasteiger partial charge in [-0.3, -0.25) is 0 Å². The molecule has 0 radical (unpaired) electrons. The Labute approximate surface area is 159 Å². The maximum Gasteiger partial charge on any atom is 0.128 e. The molecule has 2 heteroatoms. The minimum absolute atomic E-state index is 0.886. The zero-order chi connectivity index (χ0) is 18.2. The van der Waals surface area contributed by atoms with Crippen molar-refractivity contribution in [1.29, 1.82) is 0 Å². The van der Waals surface area contributed by atoms with Gasteiger partial charge in [0.25, 0.3) is 0 Å². The Balaban J connectivity index is 1.50. The van der Waals surface area contributed by atoms with Gasteiger partial charge in [0.1, 0.15) is 5.82 Å². The van der Waals surface area contributed by atoms with Gasteiger partial charge in [0.2, 0.25) is 0 Å². The molecule has 1 aromatic carbocycles. The Bertz CT molecular complexity index is 637. The molecule has 0 bridgehead atoms. The van der Waals surface area contributed by atoms with Crippen molar-refractivity contribution in [2.45, 2.75) is 78.1 Å². The van der Waals surface area contributed by atoms with E-state index in [1.165, 1.54) is 68.9 Å². The van der Waals surface area contributed by atoms with Crippen molar-refractivity contribution in [2.75, 3.05) is 0 Å². The van der Waals surface area contributed by atoms with Crippen LogP contribution in [0.4, 0.5) is 0 Å². The number of hydrogen-bond donors (Lipinski definition) is 0. The summed E-state index contributed by atoms with van der Waals surface area (Å²) in [6.07, 6.45) is 17.0. The van der Waals surface area contributed by atoms with E-state index < -0.39 is 0 Å². The van der Waals surface area contributed by atoms with Crippen molar-refractivity contribution in [2.24, 2.45) is 11.8 Å². The summed E-state index contributed by atoms with van der Waals surface area (Å²) in [5.41, 5.74) is 3.76. The molecule has 1 aliphatic carbocycles. The van der Waals surface area contributed by atoms with E-state index in [-0.39, 0.29) is 0 Å². The van der Waals surface area contributed by atoms with Gasteiger partial charge in [-0.2, -0.15) is 0 Å². The molecule has 1 aliphatic rings. The Morgan fingerprint density at radius 1 is 0.808 bits per heavy atom. The molecule has 1 heterocycles. The summed E-state index contributed by atoms with van der Waals surface area (Å²) in [5.74, 6) is 2.87. The van der Waals surface area contributed by atoms with E-state index >= 15 is 0 Å². The van der Waals surface area contributed by atoms with Gasteiger partial charge >= 0.3 is 0 Å². The first-order chi connectivity index (χ1) is 12.8. The van der Waals surface area contributed by atoms with Gasteiger partial charge in [0.15, 0.2) is 0 Å². The number of nitrogens with zero attached hydrogens (tertiary/aromatic N) is 2. The summed E-state index contributed by atoms with van der Waals surface area (Å²) in [5, 5.41) is 0. The zero-order valence-electron chi connectivity index (χ0n) is 16.6. The summed E-state index contributed by atoms with van der Waals surface area (Å²) in [6, 6.07) is 8.89. The summed E-state index contributed by atoms with van der Waals surface area (Å²) in [6.45, 7) is 4.57. The van der Waals surface area contributed by atoms with Crippen molar-refractivity contribution in [1.82, 2.24) is 9.97 Å². The molecule has 140 valence electrons. The third-order valence-electron chi connectivity index (χ3n) is 6.13. The van der Waals surface area contributed by atoms with Crippen LogP contribution in [0.3, 0.4) is 0 Å². The van der Waals surface area contributed by atoms with Gasteiger partial charge < -0.3 is 0 Å². The third kappa shape index (κ3) is 5.40. The summed E-state index contributed by atoms with van der Waals surface area (Å²) < 4.78 is 0. The highest BCUT2D eigenvalue weighted by Gasteiger charge is 2.19. The van der Waals surface area contributed by atoms with Crippen LogP contribution in [-0.4, -0.2) is 9.97 Å². The van der Waals surface area contributed by atoms with Crippen molar-refractivity contribution in [3.63, 3.8) is 0 Å². The molecule has 1 fully saturated rings. The Kier molecular flexibility index (Phi) is 7.22. The van der Waals surface area contributed by atoms with E-state index in [9.17, 15) is 0 Å². The van der Waals surface area contributed by atoms with E-state index in [2.05, 4.69) is 48.1 Å². The first-order valence-corrected chi connectivity index (χ1v) is 10.7. The minimum atomic E-state index is 0.886. The summed E-state index contributed by atoms with van der Waals surface area (Å²) >= 11 is 0. The highest BCUT2D eigenvalue weighted by atomic mass is 14.9. The minimum Gasteiger partial charge on any atom is -0.241 e. The largest absolute Gasteiger partial charge is 0.241 e. The first kappa shape index (κ1) is 19.1. The Hall–Kier alpha value is -1.70. The van der Waals surface area contributed by atoms with Crippen molar-refractivity contribution >= 4 is 0 Å². The Morgan fingerprint density at radius 3 is 2.08 bits per heavy atom. The molecule has 0 N–H and O–H groups in total. The van der Waals surface area contributed by atoms with Gasteiger partial charge in [-0.25, -0.2) is 9.97 Å². The maximum absolute atomic E-state index is 4.63.